The normalized spacial score (nSPS) is 13.6. The summed E-state index contributed by atoms with van der Waals surface area (Å²) < 4.78 is 0. The quantitative estimate of drug-likeness (QED) is 0.326. The molecule has 1 atom stereocenters. The predicted molar refractivity (Wildman–Crippen MR) is 113 cm³/mol. The number of nitrogens with two attached hydrogens (primary N) is 1. The zero-order chi connectivity index (χ0) is 19.0. The number of hydrogen-bond acceptors (Lipinski definition) is 2. The fourth-order valence-corrected chi connectivity index (χ4v) is 3.85. The van der Waals surface area contributed by atoms with E-state index in [9.17, 15) is 0 Å². The molecule has 142 valence electrons. The highest BCUT2D eigenvalue weighted by molar-refractivity contribution is 5.26. The van der Waals surface area contributed by atoms with Crippen LogP contribution in [0.1, 0.15) is 70.9 Å². The molecule has 2 heteroatoms. The Morgan fingerprint density at radius 1 is 0.769 bits per heavy atom. The molecule has 2 aromatic rings. The molecule has 0 aliphatic heterocycles. The van der Waals surface area contributed by atoms with Gasteiger partial charge in [0.1, 0.15) is 0 Å². The maximum atomic E-state index is 5.91. The van der Waals surface area contributed by atoms with Gasteiger partial charge in [-0.1, -0.05) is 108 Å². The van der Waals surface area contributed by atoms with Gasteiger partial charge in [0.15, 0.2) is 0 Å². The lowest BCUT2D eigenvalue weighted by Crippen LogP contribution is -2.48. The molecule has 0 saturated carbocycles. The van der Waals surface area contributed by atoms with E-state index in [-0.39, 0.29) is 16.9 Å². The molecule has 0 saturated heterocycles. The van der Waals surface area contributed by atoms with E-state index in [0.29, 0.717) is 0 Å². The Labute approximate surface area is 160 Å². The first-order valence-electron chi connectivity index (χ1n) is 9.95. The first-order valence-corrected chi connectivity index (χ1v) is 9.95. The molecule has 2 nitrogen and oxygen atoms in total. The first-order chi connectivity index (χ1) is 12.4. The van der Waals surface area contributed by atoms with Crippen LogP contribution in [-0.4, -0.2) is 6.04 Å². The van der Waals surface area contributed by atoms with E-state index in [4.69, 9.17) is 5.84 Å². The first kappa shape index (κ1) is 20.7. The number of rotatable bonds is 10. The molecule has 0 fully saturated rings. The predicted octanol–water partition coefficient (Wildman–Crippen LogP) is 5.72. The third-order valence-corrected chi connectivity index (χ3v) is 5.94. The van der Waals surface area contributed by atoms with Crippen LogP contribution in [0, 0.1) is 0 Å². The molecule has 26 heavy (non-hydrogen) atoms. The summed E-state index contributed by atoms with van der Waals surface area (Å²) in [6, 6.07) is 21.8. The molecular weight excluding hydrogens is 316 g/mol. The Balaban J connectivity index is 1.81. The van der Waals surface area contributed by atoms with Crippen LogP contribution in [0.25, 0.3) is 0 Å². The van der Waals surface area contributed by atoms with E-state index in [1.54, 1.807) is 0 Å². The van der Waals surface area contributed by atoms with E-state index in [2.05, 4.69) is 93.8 Å². The monoisotopic (exact) mass is 352 g/mol. The number of unbranched alkanes of at least 4 members (excludes halogenated alkanes) is 2. The van der Waals surface area contributed by atoms with Crippen LogP contribution in [0.3, 0.4) is 0 Å². The minimum Gasteiger partial charge on any atom is -0.271 e. The van der Waals surface area contributed by atoms with Crippen LogP contribution in [0.2, 0.25) is 0 Å². The topological polar surface area (TPSA) is 38.0 Å². The summed E-state index contributed by atoms with van der Waals surface area (Å²) in [6.45, 7) is 9.27. The summed E-state index contributed by atoms with van der Waals surface area (Å²) in [6.07, 6.45) is 6.03. The summed E-state index contributed by atoms with van der Waals surface area (Å²) in [7, 11) is 0. The molecule has 1 unspecified atom stereocenters. The Morgan fingerprint density at radius 2 is 1.31 bits per heavy atom. The van der Waals surface area contributed by atoms with E-state index >= 15 is 0 Å². The summed E-state index contributed by atoms with van der Waals surface area (Å²) in [5, 5.41) is 0. The zero-order valence-corrected chi connectivity index (χ0v) is 17.0. The lowest BCUT2D eigenvalue weighted by atomic mass is 9.75. The Hall–Kier alpha value is -1.64. The minimum atomic E-state index is 0.0271. The van der Waals surface area contributed by atoms with E-state index < -0.39 is 0 Å². The van der Waals surface area contributed by atoms with E-state index in [0.717, 1.165) is 6.42 Å². The van der Waals surface area contributed by atoms with Crippen LogP contribution in [0.4, 0.5) is 0 Å². The van der Waals surface area contributed by atoms with Gasteiger partial charge in [0.2, 0.25) is 0 Å². The second-order valence-electron chi connectivity index (χ2n) is 8.66. The smallest absolute Gasteiger partial charge is 0.0302 e. The molecule has 3 N–H and O–H groups in total. The van der Waals surface area contributed by atoms with Crippen LogP contribution in [-0.2, 0) is 10.8 Å². The van der Waals surface area contributed by atoms with Crippen molar-refractivity contribution >= 4 is 0 Å². The standard InChI is InChI=1S/C24H36N2/c1-23(2,20-14-8-5-9-15-20)19-13-7-12-18-22(26-25)24(3,4)21-16-10-6-11-17-21/h5-6,8-11,14-17,22,26H,7,12-13,18-19,25H2,1-4H3. The number of hydrogen-bond donors (Lipinski definition) is 2. The zero-order valence-electron chi connectivity index (χ0n) is 17.0. The lowest BCUT2D eigenvalue weighted by molar-refractivity contribution is 0.314. The molecule has 2 rings (SSSR count). The van der Waals surface area contributed by atoms with Crippen molar-refractivity contribution in [2.75, 3.05) is 0 Å². The van der Waals surface area contributed by atoms with Crippen molar-refractivity contribution in [1.82, 2.24) is 5.43 Å². The second-order valence-corrected chi connectivity index (χ2v) is 8.66. The molecule has 0 spiro atoms. The molecule has 0 aliphatic rings. The number of nitrogens with one attached hydrogen (secondary N) is 1. The molecule has 0 amide bonds. The fraction of sp³-hybridized carbons (Fsp3) is 0.500. The second kappa shape index (κ2) is 9.34. The van der Waals surface area contributed by atoms with Crippen molar-refractivity contribution in [3.63, 3.8) is 0 Å². The molecule has 0 aromatic heterocycles. The van der Waals surface area contributed by atoms with Crippen LogP contribution >= 0.6 is 0 Å². The van der Waals surface area contributed by atoms with Crippen molar-refractivity contribution < 1.29 is 0 Å². The van der Waals surface area contributed by atoms with E-state index in [1.165, 1.54) is 36.8 Å². The van der Waals surface area contributed by atoms with Gasteiger partial charge in [0, 0.05) is 11.5 Å². The molecule has 2 aromatic carbocycles. The Morgan fingerprint density at radius 3 is 1.85 bits per heavy atom. The largest absolute Gasteiger partial charge is 0.271 e. The third-order valence-electron chi connectivity index (χ3n) is 5.94. The molecular formula is C24H36N2. The SMILES string of the molecule is CC(C)(CCCCCC(NN)C(C)(C)c1ccccc1)c1ccccc1. The molecule has 0 bridgehead atoms. The average Bonchev–Trinajstić information content (AvgIpc) is 2.66. The van der Waals surface area contributed by atoms with Gasteiger partial charge in [-0.05, 0) is 29.4 Å². The number of hydrazine groups is 1. The summed E-state index contributed by atoms with van der Waals surface area (Å²) in [5.41, 5.74) is 6.12. The highest BCUT2D eigenvalue weighted by atomic mass is 15.2. The molecule has 0 aliphatic carbocycles. The highest BCUT2D eigenvalue weighted by Gasteiger charge is 2.30. The maximum Gasteiger partial charge on any atom is 0.0302 e. The Bertz CT molecular complexity index is 632. The minimum absolute atomic E-state index is 0.0271. The van der Waals surface area contributed by atoms with Gasteiger partial charge in [-0.3, -0.25) is 11.3 Å². The summed E-state index contributed by atoms with van der Waals surface area (Å²) in [4.78, 5) is 0. The average molecular weight is 353 g/mol. The van der Waals surface area contributed by atoms with Gasteiger partial charge in [-0.2, -0.15) is 0 Å². The Kier molecular flexibility index (Phi) is 7.43. The van der Waals surface area contributed by atoms with E-state index in [1.807, 2.05) is 0 Å². The number of benzene rings is 2. The van der Waals surface area contributed by atoms with Gasteiger partial charge in [-0.25, -0.2) is 0 Å². The van der Waals surface area contributed by atoms with Crippen molar-refractivity contribution in [2.24, 2.45) is 5.84 Å². The summed E-state index contributed by atoms with van der Waals surface area (Å²) in [5.74, 6) is 5.91. The van der Waals surface area contributed by atoms with Crippen molar-refractivity contribution in [2.45, 2.75) is 76.7 Å². The van der Waals surface area contributed by atoms with Gasteiger partial charge in [0.25, 0.3) is 0 Å². The van der Waals surface area contributed by atoms with Gasteiger partial charge in [0.05, 0.1) is 0 Å². The molecule has 0 heterocycles. The molecule has 0 radical (unpaired) electrons. The highest BCUT2D eigenvalue weighted by Crippen LogP contribution is 2.31. The fourth-order valence-electron chi connectivity index (χ4n) is 3.85. The van der Waals surface area contributed by atoms with Gasteiger partial charge < -0.3 is 0 Å². The summed E-state index contributed by atoms with van der Waals surface area (Å²) >= 11 is 0. The van der Waals surface area contributed by atoms with Crippen LogP contribution < -0.4 is 11.3 Å². The van der Waals surface area contributed by atoms with Gasteiger partial charge >= 0.3 is 0 Å². The van der Waals surface area contributed by atoms with Crippen molar-refractivity contribution in [3.8, 4) is 0 Å². The van der Waals surface area contributed by atoms with Crippen molar-refractivity contribution in [1.29, 1.82) is 0 Å². The maximum absolute atomic E-state index is 5.91. The van der Waals surface area contributed by atoms with Crippen LogP contribution in [0.5, 0.6) is 0 Å². The van der Waals surface area contributed by atoms with Crippen molar-refractivity contribution in [3.05, 3.63) is 71.8 Å². The van der Waals surface area contributed by atoms with Crippen LogP contribution in [0.15, 0.2) is 60.7 Å². The lowest BCUT2D eigenvalue weighted by Gasteiger charge is -2.34. The van der Waals surface area contributed by atoms with Gasteiger partial charge in [-0.15, -0.1) is 0 Å². The third kappa shape index (κ3) is 5.43.